The highest BCUT2D eigenvalue weighted by Gasteiger charge is 2.15. The Labute approximate surface area is 136 Å². The molecule has 0 aromatic carbocycles. The lowest BCUT2D eigenvalue weighted by atomic mass is 9.93. The van der Waals surface area contributed by atoms with Crippen LogP contribution in [0.5, 0.6) is 0 Å². The number of rotatable bonds is 9. The van der Waals surface area contributed by atoms with Gasteiger partial charge in [-0.3, -0.25) is 4.79 Å². The lowest BCUT2D eigenvalue weighted by Gasteiger charge is -2.22. The summed E-state index contributed by atoms with van der Waals surface area (Å²) in [4.78, 5) is 11.8. The molecule has 0 bridgehead atoms. The molecule has 1 saturated heterocycles. The number of halogens is 1. The molecule has 0 radical (unpaired) electrons. The predicted octanol–water partition coefficient (Wildman–Crippen LogP) is 2.76. The van der Waals surface area contributed by atoms with Gasteiger partial charge in [0.15, 0.2) is 0 Å². The Morgan fingerprint density at radius 3 is 2.57 bits per heavy atom. The van der Waals surface area contributed by atoms with Gasteiger partial charge in [0.05, 0.1) is 6.10 Å². The van der Waals surface area contributed by atoms with Gasteiger partial charge in [-0.25, -0.2) is 0 Å². The predicted molar refractivity (Wildman–Crippen MR) is 90.0 cm³/mol. The minimum atomic E-state index is 0. The summed E-state index contributed by atoms with van der Waals surface area (Å²) in [7, 11) is 0. The molecule has 2 N–H and O–H groups in total. The molecule has 5 heteroatoms. The first kappa shape index (κ1) is 20.7. The Bertz CT molecular complexity index is 269. The van der Waals surface area contributed by atoms with Crippen LogP contribution in [0.1, 0.15) is 52.9 Å². The first-order valence-electron chi connectivity index (χ1n) is 8.22. The van der Waals surface area contributed by atoms with E-state index in [2.05, 4.69) is 24.5 Å². The molecule has 1 atom stereocenters. The van der Waals surface area contributed by atoms with Crippen LogP contribution in [-0.4, -0.2) is 38.3 Å². The van der Waals surface area contributed by atoms with Gasteiger partial charge in [0, 0.05) is 19.6 Å². The molecule has 1 heterocycles. The van der Waals surface area contributed by atoms with E-state index in [1.165, 1.54) is 12.8 Å². The van der Waals surface area contributed by atoms with Crippen LogP contribution in [0.4, 0.5) is 0 Å². The van der Waals surface area contributed by atoms with Crippen molar-refractivity contribution >= 4 is 18.3 Å². The maximum absolute atomic E-state index is 11.8. The average molecular weight is 321 g/mol. The molecule has 0 aromatic rings. The van der Waals surface area contributed by atoms with Gasteiger partial charge in [0.2, 0.25) is 5.91 Å². The largest absolute Gasteiger partial charge is 0.378 e. The van der Waals surface area contributed by atoms with Crippen LogP contribution < -0.4 is 10.6 Å². The van der Waals surface area contributed by atoms with Crippen molar-refractivity contribution in [3.05, 3.63) is 0 Å². The Morgan fingerprint density at radius 1 is 1.33 bits per heavy atom. The van der Waals surface area contributed by atoms with E-state index in [1.54, 1.807) is 0 Å². The Hall–Kier alpha value is -0.320. The highest BCUT2D eigenvalue weighted by molar-refractivity contribution is 5.85. The van der Waals surface area contributed by atoms with Gasteiger partial charge in [0.1, 0.15) is 0 Å². The first-order valence-corrected chi connectivity index (χ1v) is 8.22. The molecule has 1 unspecified atom stereocenters. The van der Waals surface area contributed by atoms with Gasteiger partial charge >= 0.3 is 0 Å². The number of nitrogens with one attached hydrogen (secondary N) is 2. The number of carbonyl (C=O) groups excluding carboxylic acids is 1. The molecule has 126 valence electrons. The molecule has 1 amide bonds. The summed E-state index contributed by atoms with van der Waals surface area (Å²) in [6, 6.07) is 0. The molecule has 0 aliphatic carbocycles. The van der Waals surface area contributed by atoms with Gasteiger partial charge in [-0.1, -0.05) is 13.8 Å². The highest BCUT2D eigenvalue weighted by Crippen LogP contribution is 2.17. The molecule has 21 heavy (non-hydrogen) atoms. The van der Waals surface area contributed by atoms with Crippen molar-refractivity contribution in [1.82, 2.24) is 10.6 Å². The highest BCUT2D eigenvalue weighted by atomic mass is 35.5. The van der Waals surface area contributed by atoms with Crippen molar-refractivity contribution < 1.29 is 9.53 Å². The van der Waals surface area contributed by atoms with E-state index >= 15 is 0 Å². The summed E-state index contributed by atoms with van der Waals surface area (Å²) in [5.74, 6) is 1.43. The first-order chi connectivity index (χ1) is 9.63. The summed E-state index contributed by atoms with van der Waals surface area (Å²) >= 11 is 0. The van der Waals surface area contributed by atoms with E-state index < -0.39 is 0 Å². The number of carbonyl (C=O) groups is 1. The van der Waals surface area contributed by atoms with E-state index in [0.29, 0.717) is 12.3 Å². The summed E-state index contributed by atoms with van der Waals surface area (Å²) in [6.45, 7) is 10.0. The Kier molecular flexibility index (Phi) is 12.1. The second kappa shape index (κ2) is 12.2. The van der Waals surface area contributed by atoms with Crippen LogP contribution in [0, 0.1) is 11.8 Å². The third-order valence-electron chi connectivity index (χ3n) is 4.11. The van der Waals surface area contributed by atoms with Crippen LogP contribution in [0.3, 0.4) is 0 Å². The van der Waals surface area contributed by atoms with E-state index in [0.717, 1.165) is 45.0 Å². The van der Waals surface area contributed by atoms with E-state index in [1.807, 2.05) is 6.92 Å². The minimum Gasteiger partial charge on any atom is -0.378 e. The number of hydrogen-bond donors (Lipinski definition) is 2. The van der Waals surface area contributed by atoms with Crippen molar-refractivity contribution in [2.45, 2.75) is 59.0 Å². The number of piperidine rings is 1. The van der Waals surface area contributed by atoms with Crippen LogP contribution in [0.15, 0.2) is 0 Å². The molecule has 4 nitrogen and oxygen atoms in total. The second-order valence-corrected chi connectivity index (χ2v) is 6.11. The molecule has 0 spiro atoms. The van der Waals surface area contributed by atoms with Crippen molar-refractivity contribution in [2.24, 2.45) is 11.8 Å². The molecule has 0 aromatic heterocycles. The van der Waals surface area contributed by atoms with Gasteiger partial charge in [-0.2, -0.15) is 0 Å². The van der Waals surface area contributed by atoms with Gasteiger partial charge in [0.25, 0.3) is 0 Å². The van der Waals surface area contributed by atoms with E-state index in [-0.39, 0.29) is 24.4 Å². The van der Waals surface area contributed by atoms with Crippen LogP contribution in [-0.2, 0) is 9.53 Å². The zero-order valence-electron chi connectivity index (χ0n) is 13.8. The quantitative estimate of drug-likeness (QED) is 0.687. The molecule has 1 aliphatic rings. The standard InChI is InChI=1S/C16H32N2O2.ClH/c1-4-20-15(13(2)3)9-12-18-16(19)6-5-14-7-10-17-11-8-14;/h13-15,17H,4-12H2,1-3H3,(H,18,19);1H. The van der Waals surface area contributed by atoms with Crippen LogP contribution in [0.25, 0.3) is 0 Å². The lowest BCUT2D eigenvalue weighted by Crippen LogP contribution is -2.31. The maximum Gasteiger partial charge on any atom is 0.220 e. The summed E-state index contributed by atoms with van der Waals surface area (Å²) in [6.07, 6.45) is 5.30. The number of hydrogen-bond acceptors (Lipinski definition) is 3. The Balaban J connectivity index is 0.00000400. The number of ether oxygens (including phenoxy) is 1. The van der Waals surface area contributed by atoms with Crippen molar-refractivity contribution in [2.75, 3.05) is 26.2 Å². The maximum atomic E-state index is 11.8. The summed E-state index contributed by atoms with van der Waals surface area (Å²) in [5.41, 5.74) is 0. The van der Waals surface area contributed by atoms with Crippen LogP contribution >= 0.6 is 12.4 Å². The fourth-order valence-corrected chi connectivity index (χ4v) is 2.77. The summed E-state index contributed by atoms with van der Waals surface area (Å²) in [5, 5.41) is 6.39. The van der Waals surface area contributed by atoms with Crippen molar-refractivity contribution in [3.63, 3.8) is 0 Å². The fourth-order valence-electron chi connectivity index (χ4n) is 2.77. The number of amides is 1. The lowest BCUT2D eigenvalue weighted by molar-refractivity contribution is -0.121. The monoisotopic (exact) mass is 320 g/mol. The second-order valence-electron chi connectivity index (χ2n) is 6.11. The van der Waals surface area contributed by atoms with E-state index in [4.69, 9.17) is 4.74 Å². The molecule has 1 rings (SSSR count). The SMILES string of the molecule is CCOC(CCNC(=O)CCC1CCNCC1)C(C)C.Cl. The smallest absolute Gasteiger partial charge is 0.220 e. The molecular formula is C16H33ClN2O2. The zero-order valence-corrected chi connectivity index (χ0v) is 14.6. The third-order valence-corrected chi connectivity index (χ3v) is 4.11. The topological polar surface area (TPSA) is 50.4 Å². The average Bonchev–Trinajstić information content (AvgIpc) is 2.45. The Morgan fingerprint density at radius 2 is 2.00 bits per heavy atom. The molecule has 1 aliphatic heterocycles. The third kappa shape index (κ3) is 9.33. The fraction of sp³-hybridized carbons (Fsp3) is 0.938. The van der Waals surface area contributed by atoms with Gasteiger partial charge in [-0.05, 0) is 57.5 Å². The van der Waals surface area contributed by atoms with E-state index in [9.17, 15) is 4.79 Å². The van der Waals surface area contributed by atoms with Crippen molar-refractivity contribution in [1.29, 1.82) is 0 Å². The van der Waals surface area contributed by atoms with Gasteiger partial charge in [-0.15, -0.1) is 12.4 Å². The van der Waals surface area contributed by atoms with Crippen LogP contribution in [0.2, 0.25) is 0 Å². The molecular weight excluding hydrogens is 288 g/mol. The summed E-state index contributed by atoms with van der Waals surface area (Å²) < 4.78 is 5.68. The minimum absolute atomic E-state index is 0. The molecule has 1 fully saturated rings. The van der Waals surface area contributed by atoms with Gasteiger partial charge < -0.3 is 15.4 Å². The molecule has 0 saturated carbocycles. The normalized spacial score (nSPS) is 17.3. The van der Waals surface area contributed by atoms with Crippen molar-refractivity contribution in [3.8, 4) is 0 Å². The zero-order chi connectivity index (χ0) is 14.8.